The number of aliphatic carboxylic acids is 1. The van der Waals surface area contributed by atoms with E-state index in [-0.39, 0.29) is 13.0 Å². The highest BCUT2D eigenvalue weighted by Gasteiger charge is 2.32. The molecule has 0 aliphatic carbocycles. The number of ether oxygens (including phenoxy) is 1. The number of aliphatic hydroxyl groups excluding tert-OH is 4. The molecule has 10 heteroatoms. The Morgan fingerprint density at radius 2 is 1.62 bits per heavy atom. The van der Waals surface area contributed by atoms with E-state index in [0.29, 0.717) is 25.8 Å². The minimum atomic E-state index is -1.45. The van der Waals surface area contributed by atoms with Gasteiger partial charge < -0.3 is 40.9 Å². The first-order chi connectivity index (χ1) is 11.4. The number of amides is 2. The molecule has 7 N–H and O–H groups in total. The molecule has 0 aliphatic heterocycles. The molecule has 10 nitrogen and oxygen atoms in total. The maximum Gasteiger partial charge on any atom is 0.315 e. The van der Waals surface area contributed by atoms with Crippen molar-refractivity contribution in [3.63, 3.8) is 0 Å². The van der Waals surface area contributed by atoms with Gasteiger partial charge in [-0.05, 0) is 12.8 Å². The van der Waals surface area contributed by atoms with Crippen LogP contribution in [0.2, 0.25) is 0 Å². The summed E-state index contributed by atoms with van der Waals surface area (Å²) in [6, 6.07) is -0.621. The van der Waals surface area contributed by atoms with Crippen LogP contribution in [0.25, 0.3) is 0 Å². The first-order valence-corrected chi connectivity index (χ1v) is 7.76. The van der Waals surface area contributed by atoms with Gasteiger partial charge in [-0.15, -0.1) is 0 Å². The van der Waals surface area contributed by atoms with Gasteiger partial charge >= 0.3 is 12.0 Å². The van der Waals surface area contributed by atoms with Gasteiger partial charge in [0.25, 0.3) is 0 Å². The molecule has 0 aromatic rings. The summed E-state index contributed by atoms with van der Waals surface area (Å²) in [5.74, 6) is -0.861. The van der Waals surface area contributed by atoms with Gasteiger partial charge in [-0.1, -0.05) is 6.42 Å². The van der Waals surface area contributed by atoms with Crippen LogP contribution in [0, 0.1) is 0 Å². The SMILES string of the molecule is O=C(O)CCCCCNC(=O)NC(CO)(CO)COC(CO)CO. The molecule has 0 fully saturated rings. The Hall–Kier alpha value is -1.46. The van der Waals surface area contributed by atoms with Gasteiger partial charge in [0, 0.05) is 13.0 Å². The van der Waals surface area contributed by atoms with Crippen LogP contribution < -0.4 is 10.6 Å². The normalized spacial score (nSPS) is 11.5. The van der Waals surface area contributed by atoms with E-state index in [1.807, 2.05) is 0 Å². The molecular weight excluding hydrogens is 324 g/mol. The lowest BCUT2D eigenvalue weighted by molar-refractivity contribution is -0.137. The number of carbonyl (C=O) groups excluding carboxylic acids is 1. The van der Waals surface area contributed by atoms with Crippen LogP contribution in [0.1, 0.15) is 25.7 Å². The second-order valence-corrected chi connectivity index (χ2v) is 5.48. The monoisotopic (exact) mass is 352 g/mol. The summed E-state index contributed by atoms with van der Waals surface area (Å²) < 4.78 is 5.15. The summed E-state index contributed by atoms with van der Waals surface area (Å²) in [5.41, 5.74) is -1.45. The maximum atomic E-state index is 11.8. The molecule has 0 heterocycles. The van der Waals surface area contributed by atoms with Crippen molar-refractivity contribution in [2.45, 2.75) is 37.3 Å². The number of nitrogens with one attached hydrogen (secondary N) is 2. The molecule has 0 atom stereocenters. The topological polar surface area (TPSA) is 169 Å². The minimum absolute atomic E-state index is 0.0819. The van der Waals surface area contributed by atoms with Crippen molar-refractivity contribution in [2.75, 3.05) is 39.6 Å². The lowest BCUT2D eigenvalue weighted by atomic mass is 10.0. The average molecular weight is 352 g/mol. The third-order valence-electron chi connectivity index (χ3n) is 3.34. The molecule has 0 bridgehead atoms. The number of unbranched alkanes of at least 4 members (excludes halogenated alkanes) is 2. The zero-order valence-electron chi connectivity index (χ0n) is 13.6. The molecule has 0 aromatic carbocycles. The molecule has 142 valence electrons. The minimum Gasteiger partial charge on any atom is -0.481 e. The Balaban J connectivity index is 4.19. The van der Waals surface area contributed by atoms with E-state index in [0.717, 1.165) is 0 Å². The average Bonchev–Trinajstić information content (AvgIpc) is 2.57. The Morgan fingerprint density at radius 1 is 1.00 bits per heavy atom. The van der Waals surface area contributed by atoms with Gasteiger partial charge in [0.05, 0.1) is 33.0 Å². The Kier molecular flexibility index (Phi) is 12.1. The standard InChI is InChI=1S/C14H28N2O8/c17-6-11(7-18)24-10-14(8-19,9-20)16-13(23)15-5-3-1-2-4-12(21)22/h11,17-20H,1-10H2,(H,21,22)(H2,15,16,23). The first kappa shape index (κ1) is 22.5. The molecule has 24 heavy (non-hydrogen) atoms. The van der Waals surface area contributed by atoms with Crippen LogP contribution in [0.3, 0.4) is 0 Å². The van der Waals surface area contributed by atoms with Crippen LogP contribution in [-0.4, -0.2) is 88.8 Å². The molecular formula is C14H28N2O8. The Labute approximate surface area is 140 Å². The van der Waals surface area contributed by atoms with Crippen molar-refractivity contribution in [2.24, 2.45) is 0 Å². The second kappa shape index (κ2) is 12.9. The van der Waals surface area contributed by atoms with Crippen LogP contribution in [0.4, 0.5) is 4.79 Å². The fourth-order valence-electron chi connectivity index (χ4n) is 1.76. The highest BCUT2D eigenvalue weighted by molar-refractivity contribution is 5.74. The van der Waals surface area contributed by atoms with Crippen LogP contribution in [0.15, 0.2) is 0 Å². The largest absolute Gasteiger partial charge is 0.481 e. The third kappa shape index (κ3) is 9.63. The number of carboxylic acids is 1. The van der Waals surface area contributed by atoms with Crippen molar-refractivity contribution in [3.05, 3.63) is 0 Å². The fourth-order valence-corrected chi connectivity index (χ4v) is 1.76. The van der Waals surface area contributed by atoms with E-state index in [2.05, 4.69) is 10.6 Å². The summed E-state index contributed by atoms with van der Waals surface area (Å²) in [6.07, 6.45) is 0.975. The van der Waals surface area contributed by atoms with Crippen molar-refractivity contribution in [1.82, 2.24) is 10.6 Å². The van der Waals surface area contributed by atoms with Gasteiger partial charge in [-0.25, -0.2) is 4.79 Å². The predicted octanol–water partition coefficient (Wildman–Crippen LogP) is -1.98. The number of rotatable bonds is 14. The summed E-state index contributed by atoms with van der Waals surface area (Å²) in [4.78, 5) is 22.2. The number of carbonyl (C=O) groups is 2. The number of hydrogen-bond acceptors (Lipinski definition) is 7. The Bertz CT molecular complexity index is 359. The lowest BCUT2D eigenvalue weighted by Gasteiger charge is -2.32. The van der Waals surface area contributed by atoms with E-state index in [1.165, 1.54) is 0 Å². The van der Waals surface area contributed by atoms with Crippen LogP contribution in [-0.2, 0) is 9.53 Å². The molecule has 0 aliphatic rings. The fraction of sp³-hybridized carbons (Fsp3) is 0.857. The van der Waals surface area contributed by atoms with Crippen molar-refractivity contribution < 1.29 is 39.9 Å². The summed E-state index contributed by atoms with van der Waals surface area (Å²) >= 11 is 0. The zero-order valence-corrected chi connectivity index (χ0v) is 13.6. The van der Waals surface area contributed by atoms with Crippen LogP contribution in [0.5, 0.6) is 0 Å². The number of carboxylic acid groups (broad SMARTS) is 1. The Morgan fingerprint density at radius 3 is 2.12 bits per heavy atom. The lowest BCUT2D eigenvalue weighted by Crippen LogP contribution is -2.60. The van der Waals surface area contributed by atoms with Gasteiger partial charge in [0.2, 0.25) is 0 Å². The molecule has 0 saturated carbocycles. The number of hydrogen-bond donors (Lipinski definition) is 7. The molecule has 0 spiro atoms. The molecule has 0 saturated heterocycles. The molecule has 0 radical (unpaired) electrons. The van der Waals surface area contributed by atoms with Crippen molar-refractivity contribution in [3.8, 4) is 0 Å². The quantitative estimate of drug-likeness (QED) is 0.176. The maximum absolute atomic E-state index is 11.8. The summed E-state index contributed by atoms with van der Waals surface area (Å²) in [7, 11) is 0. The highest BCUT2D eigenvalue weighted by atomic mass is 16.5. The van der Waals surface area contributed by atoms with Crippen LogP contribution >= 0.6 is 0 Å². The molecule has 0 aromatic heterocycles. The van der Waals surface area contributed by atoms with Gasteiger partial charge in [0.15, 0.2) is 0 Å². The molecule has 0 unspecified atom stereocenters. The summed E-state index contributed by atoms with van der Waals surface area (Å²) in [5, 5.41) is 50.1. The highest BCUT2D eigenvalue weighted by Crippen LogP contribution is 2.06. The number of aliphatic hydroxyl groups is 4. The van der Waals surface area contributed by atoms with Gasteiger partial charge in [-0.3, -0.25) is 4.79 Å². The van der Waals surface area contributed by atoms with Crippen molar-refractivity contribution >= 4 is 12.0 Å². The first-order valence-electron chi connectivity index (χ1n) is 7.76. The van der Waals surface area contributed by atoms with E-state index < -0.39 is 50.1 Å². The smallest absolute Gasteiger partial charge is 0.315 e. The molecule has 2 amide bonds. The van der Waals surface area contributed by atoms with Gasteiger partial charge in [0.1, 0.15) is 11.6 Å². The van der Waals surface area contributed by atoms with E-state index in [4.69, 9.17) is 20.1 Å². The van der Waals surface area contributed by atoms with E-state index in [9.17, 15) is 19.8 Å². The third-order valence-corrected chi connectivity index (χ3v) is 3.34. The summed E-state index contributed by atoms with van der Waals surface area (Å²) in [6.45, 7) is -2.05. The predicted molar refractivity (Wildman–Crippen MR) is 83.5 cm³/mol. The van der Waals surface area contributed by atoms with Crippen molar-refractivity contribution in [1.29, 1.82) is 0 Å². The van der Waals surface area contributed by atoms with E-state index >= 15 is 0 Å². The van der Waals surface area contributed by atoms with E-state index in [1.54, 1.807) is 0 Å². The number of urea groups is 1. The van der Waals surface area contributed by atoms with Gasteiger partial charge in [-0.2, -0.15) is 0 Å². The zero-order chi connectivity index (χ0) is 18.4. The molecule has 0 rings (SSSR count). The second-order valence-electron chi connectivity index (χ2n) is 5.48.